The van der Waals surface area contributed by atoms with Crippen LogP contribution in [0.25, 0.3) is 0 Å². The van der Waals surface area contributed by atoms with Gasteiger partial charge in [0, 0.05) is 17.9 Å². The maximum absolute atomic E-state index is 12.5. The van der Waals surface area contributed by atoms with Crippen LogP contribution >= 0.6 is 11.8 Å². The van der Waals surface area contributed by atoms with E-state index in [0.29, 0.717) is 17.5 Å². The first kappa shape index (κ1) is 22.3. The van der Waals surface area contributed by atoms with Crippen LogP contribution in [0.3, 0.4) is 0 Å². The summed E-state index contributed by atoms with van der Waals surface area (Å²) >= 11 is 1.27. The maximum atomic E-state index is 12.5. The van der Waals surface area contributed by atoms with Crippen molar-refractivity contribution in [3.05, 3.63) is 78.1 Å². The average Bonchev–Trinajstić information content (AvgIpc) is 3.11. The van der Waals surface area contributed by atoms with Gasteiger partial charge in [0.15, 0.2) is 5.16 Å². The number of aromatic nitrogens is 3. The van der Waals surface area contributed by atoms with Gasteiger partial charge in [-0.05, 0) is 37.6 Å². The number of carbonyl (C=O) groups excluding carboxylic acids is 2. The molecule has 0 radical (unpaired) electrons. The second-order valence-corrected chi connectivity index (χ2v) is 7.98. The third-order valence-corrected chi connectivity index (χ3v) is 5.48. The van der Waals surface area contributed by atoms with Crippen LogP contribution < -0.4 is 10.6 Å². The largest absolute Gasteiger partial charge is 0.325 e. The topological polar surface area (TPSA) is 88.9 Å². The summed E-state index contributed by atoms with van der Waals surface area (Å²) in [6.07, 6.45) is 1.79. The number of aryl methyl sites for hydroxylation is 2. The van der Waals surface area contributed by atoms with E-state index < -0.39 is 0 Å². The van der Waals surface area contributed by atoms with Gasteiger partial charge in [-0.25, -0.2) is 0 Å². The molecule has 8 heteroatoms. The van der Waals surface area contributed by atoms with Crippen molar-refractivity contribution in [3.8, 4) is 0 Å². The number of benzene rings is 2. The molecule has 0 bridgehead atoms. The molecule has 2 N–H and O–H groups in total. The number of nitrogens with zero attached hydrogens (tertiary/aromatic N) is 3. The SMILES string of the molecule is C=CCn1c(CC(=O)Nc2ccccc2C)nnc1SCC(=O)Nc1ccc(C)cc1. The second-order valence-electron chi connectivity index (χ2n) is 7.04. The lowest BCUT2D eigenvalue weighted by atomic mass is 10.2. The fourth-order valence-electron chi connectivity index (χ4n) is 2.88. The third-order valence-electron chi connectivity index (χ3n) is 4.51. The van der Waals surface area contributed by atoms with Crippen molar-refractivity contribution >= 4 is 35.0 Å². The first-order chi connectivity index (χ1) is 15.0. The summed E-state index contributed by atoms with van der Waals surface area (Å²) in [5.41, 5.74) is 3.63. The molecule has 0 unspecified atom stereocenters. The predicted octanol–water partition coefficient (Wildman–Crippen LogP) is 3.99. The van der Waals surface area contributed by atoms with Crippen LogP contribution in [0.5, 0.6) is 0 Å². The minimum Gasteiger partial charge on any atom is -0.325 e. The van der Waals surface area contributed by atoms with Crippen LogP contribution in [0.2, 0.25) is 0 Å². The first-order valence-corrected chi connectivity index (χ1v) is 10.8. The average molecular weight is 436 g/mol. The normalized spacial score (nSPS) is 10.5. The smallest absolute Gasteiger partial charge is 0.234 e. The van der Waals surface area contributed by atoms with Crippen molar-refractivity contribution < 1.29 is 9.59 Å². The summed E-state index contributed by atoms with van der Waals surface area (Å²) in [5, 5.41) is 14.7. The van der Waals surface area contributed by atoms with Gasteiger partial charge in [0.1, 0.15) is 5.82 Å². The number of amides is 2. The summed E-state index contributed by atoms with van der Waals surface area (Å²) < 4.78 is 1.80. The molecular weight excluding hydrogens is 410 g/mol. The highest BCUT2D eigenvalue weighted by Gasteiger charge is 2.16. The predicted molar refractivity (Wildman–Crippen MR) is 124 cm³/mol. The molecule has 31 heavy (non-hydrogen) atoms. The van der Waals surface area contributed by atoms with Crippen molar-refractivity contribution in [2.75, 3.05) is 16.4 Å². The van der Waals surface area contributed by atoms with Gasteiger partial charge in [-0.3, -0.25) is 9.59 Å². The van der Waals surface area contributed by atoms with Crippen molar-refractivity contribution in [2.24, 2.45) is 0 Å². The second kappa shape index (κ2) is 10.6. The quantitative estimate of drug-likeness (QED) is 0.392. The summed E-state index contributed by atoms with van der Waals surface area (Å²) in [6.45, 7) is 8.14. The minimum absolute atomic E-state index is 0.0747. The van der Waals surface area contributed by atoms with Crippen LogP contribution in [0.1, 0.15) is 17.0 Å². The number of nitrogens with one attached hydrogen (secondary N) is 2. The van der Waals surface area contributed by atoms with Gasteiger partial charge in [-0.2, -0.15) is 0 Å². The summed E-state index contributed by atoms with van der Waals surface area (Å²) in [4.78, 5) is 24.8. The maximum Gasteiger partial charge on any atom is 0.234 e. The molecular formula is C23H25N5O2S. The standard InChI is InChI=1S/C23H25N5O2S/c1-4-13-28-20(14-21(29)25-19-8-6-5-7-17(19)3)26-27-23(28)31-15-22(30)24-18-11-9-16(2)10-12-18/h4-12H,1,13-15H2,2-3H3,(H,24,30)(H,25,29). The third kappa shape index (κ3) is 6.29. The molecule has 0 aliphatic carbocycles. The zero-order valence-electron chi connectivity index (χ0n) is 17.6. The number of carbonyl (C=O) groups is 2. The van der Waals surface area contributed by atoms with Crippen LogP contribution in [-0.4, -0.2) is 32.3 Å². The summed E-state index contributed by atoms with van der Waals surface area (Å²) in [6, 6.07) is 15.2. The van der Waals surface area contributed by atoms with E-state index in [9.17, 15) is 9.59 Å². The number of para-hydroxylation sites is 1. The van der Waals surface area contributed by atoms with E-state index in [-0.39, 0.29) is 24.0 Å². The van der Waals surface area contributed by atoms with Crippen LogP contribution in [0.15, 0.2) is 66.3 Å². The Kier molecular flexibility index (Phi) is 7.61. The molecule has 160 valence electrons. The van der Waals surface area contributed by atoms with Gasteiger partial charge in [-0.1, -0.05) is 53.7 Å². The van der Waals surface area contributed by atoms with E-state index >= 15 is 0 Å². The van der Waals surface area contributed by atoms with E-state index in [2.05, 4.69) is 27.4 Å². The highest BCUT2D eigenvalue weighted by atomic mass is 32.2. The van der Waals surface area contributed by atoms with Crippen molar-refractivity contribution in [1.29, 1.82) is 0 Å². The molecule has 3 aromatic rings. The minimum atomic E-state index is -0.180. The number of anilines is 2. The van der Waals surface area contributed by atoms with E-state index in [1.165, 1.54) is 11.8 Å². The van der Waals surface area contributed by atoms with Gasteiger partial charge in [-0.15, -0.1) is 16.8 Å². The summed E-state index contributed by atoms with van der Waals surface area (Å²) in [5.74, 6) is 0.382. The molecule has 0 fully saturated rings. The van der Waals surface area contributed by atoms with Gasteiger partial charge in [0.2, 0.25) is 11.8 Å². The molecule has 1 aromatic heterocycles. The zero-order valence-corrected chi connectivity index (χ0v) is 18.4. The molecule has 0 saturated heterocycles. The number of thioether (sulfide) groups is 1. The molecule has 0 aliphatic rings. The van der Waals surface area contributed by atoms with Gasteiger partial charge < -0.3 is 15.2 Å². The molecule has 2 amide bonds. The highest BCUT2D eigenvalue weighted by molar-refractivity contribution is 7.99. The Morgan fingerprint density at radius 2 is 1.77 bits per heavy atom. The molecule has 7 nitrogen and oxygen atoms in total. The molecule has 2 aromatic carbocycles. The Balaban J connectivity index is 1.62. The lowest BCUT2D eigenvalue weighted by Crippen LogP contribution is -2.18. The molecule has 1 heterocycles. The Labute approximate surface area is 186 Å². The highest BCUT2D eigenvalue weighted by Crippen LogP contribution is 2.19. The van der Waals surface area contributed by atoms with Crippen molar-refractivity contribution in [2.45, 2.75) is 32.0 Å². The Bertz CT molecular complexity index is 1080. The fourth-order valence-corrected chi connectivity index (χ4v) is 3.65. The first-order valence-electron chi connectivity index (χ1n) is 9.84. The van der Waals surface area contributed by atoms with Gasteiger partial charge >= 0.3 is 0 Å². The Morgan fingerprint density at radius 3 is 2.48 bits per heavy atom. The fraction of sp³-hybridized carbons (Fsp3) is 0.217. The van der Waals surface area contributed by atoms with E-state index in [1.807, 2.05) is 62.4 Å². The number of hydrogen-bond acceptors (Lipinski definition) is 5. The van der Waals surface area contributed by atoms with Crippen LogP contribution in [-0.2, 0) is 22.6 Å². The Hall–Kier alpha value is -3.39. The van der Waals surface area contributed by atoms with Gasteiger partial charge in [0.05, 0.1) is 12.2 Å². The molecule has 0 saturated carbocycles. The summed E-state index contributed by atoms with van der Waals surface area (Å²) in [7, 11) is 0. The monoisotopic (exact) mass is 435 g/mol. The number of hydrogen-bond donors (Lipinski definition) is 2. The van der Waals surface area contributed by atoms with E-state index in [1.54, 1.807) is 10.6 Å². The van der Waals surface area contributed by atoms with Crippen molar-refractivity contribution in [1.82, 2.24) is 14.8 Å². The van der Waals surface area contributed by atoms with Crippen molar-refractivity contribution in [3.63, 3.8) is 0 Å². The van der Waals surface area contributed by atoms with E-state index in [4.69, 9.17) is 0 Å². The lowest BCUT2D eigenvalue weighted by Gasteiger charge is -2.10. The molecule has 0 atom stereocenters. The number of allylic oxidation sites excluding steroid dienone is 1. The molecule has 0 spiro atoms. The van der Waals surface area contributed by atoms with Gasteiger partial charge in [0.25, 0.3) is 0 Å². The molecule has 3 rings (SSSR count). The Morgan fingerprint density at radius 1 is 1.03 bits per heavy atom. The van der Waals surface area contributed by atoms with E-state index in [0.717, 1.165) is 22.5 Å². The molecule has 0 aliphatic heterocycles. The van der Waals surface area contributed by atoms with Crippen LogP contribution in [0, 0.1) is 13.8 Å². The van der Waals surface area contributed by atoms with Crippen LogP contribution in [0.4, 0.5) is 11.4 Å². The number of rotatable bonds is 9. The zero-order chi connectivity index (χ0) is 22.2. The lowest BCUT2D eigenvalue weighted by molar-refractivity contribution is -0.116.